The van der Waals surface area contributed by atoms with E-state index in [1.54, 1.807) is 12.5 Å². The maximum absolute atomic E-state index is 9.99. The molecule has 8 heteroatoms. The monoisotopic (exact) mass is 417 g/mol. The van der Waals surface area contributed by atoms with E-state index in [0.717, 1.165) is 22.5 Å². The number of anilines is 2. The van der Waals surface area contributed by atoms with Crippen molar-refractivity contribution in [3.8, 4) is 11.3 Å². The molecule has 0 saturated carbocycles. The topological polar surface area (TPSA) is 101 Å². The fourth-order valence-corrected chi connectivity index (χ4v) is 3.25. The number of hydrogen-bond donors (Lipinski definition) is 3. The summed E-state index contributed by atoms with van der Waals surface area (Å²) in [6.45, 7) is 6.63. The average Bonchev–Trinajstić information content (AvgIpc) is 3.23. The van der Waals surface area contributed by atoms with E-state index in [1.807, 2.05) is 29.7 Å². The summed E-state index contributed by atoms with van der Waals surface area (Å²) in [6, 6.07) is 14.4. The third-order valence-corrected chi connectivity index (χ3v) is 5.03. The smallest absolute Gasteiger partial charge is 0.228 e. The lowest BCUT2D eigenvalue weighted by Gasteiger charge is -2.14. The van der Waals surface area contributed by atoms with Crippen LogP contribution in [0.25, 0.3) is 22.4 Å². The summed E-state index contributed by atoms with van der Waals surface area (Å²) in [5, 5.41) is 16.3. The third kappa shape index (κ3) is 4.64. The minimum atomic E-state index is -0.708. The highest BCUT2D eigenvalue weighted by atomic mass is 16.3. The summed E-state index contributed by atoms with van der Waals surface area (Å²) in [4.78, 5) is 18.1. The van der Waals surface area contributed by atoms with Crippen molar-refractivity contribution in [2.75, 3.05) is 10.6 Å². The van der Waals surface area contributed by atoms with Gasteiger partial charge in [0.05, 0.1) is 12.0 Å². The second-order valence-electron chi connectivity index (χ2n) is 7.65. The number of imidazole rings is 1. The van der Waals surface area contributed by atoms with Crippen molar-refractivity contribution < 1.29 is 5.11 Å². The Bertz CT molecular complexity index is 1140. The quantitative estimate of drug-likeness (QED) is 0.369. The number of nitrogens with zero attached hydrogens (tertiary/aromatic N) is 5. The van der Waals surface area contributed by atoms with Gasteiger partial charge >= 0.3 is 0 Å². The Morgan fingerprint density at radius 3 is 2.52 bits per heavy atom. The van der Waals surface area contributed by atoms with Crippen LogP contribution in [0.15, 0.2) is 55.0 Å². The minimum Gasteiger partial charge on any atom is -0.374 e. The molecule has 4 rings (SSSR count). The molecule has 0 spiro atoms. The first kappa shape index (κ1) is 20.7. The van der Waals surface area contributed by atoms with Crippen molar-refractivity contribution >= 4 is 22.9 Å². The molecule has 0 aliphatic carbocycles. The van der Waals surface area contributed by atoms with Crippen LogP contribution >= 0.6 is 0 Å². The van der Waals surface area contributed by atoms with Crippen LogP contribution in [-0.2, 0) is 6.54 Å². The van der Waals surface area contributed by atoms with Crippen molar-refractivity contribution in [1.82, 2.24) is 24.5 Å². The molecular weight excluding hydrogens is 390 g/mol. The normalized spacial score (nSPS) is 12.3. The Labute approximate surface area is 181 Å². The molecule has 0 aliphatic heterocycles. The van der Waals surface area contributed by atoms with Crippen LogP contribution in [0.4, 0.5) is 11.8 Å². The molecule has 4 aromatic rings. The van der Waals surface area contributed by atoms with Gasteiger partial charge in [0.15, 0.2) is 17.0 Å². The number of aliphatic hydroxyl groups is 1. The van der Waals surface area contributed by atoms with Crippen LogP contribution in [0.3, 0.4) is 0 Å². The maximum atomic E-state index is 9.99. The highest BCUT2D eigenvalue weighted by Gasteiger charge is 2.16. The number of aliphatic hydroxyl groups excluding tert-OH is 1. The summed E-state index contributed by atoms with van der Waals surface area (Å²) < 4.78 is 1.99. The average molecular weight is 418 g/mol. The maximum Gasteiger partial charge on any atom is 0.228 e. The molecule has 0 aliphatic rings. The van der Waals surface area contributed by atoms with Gasteiger partial charge in [0, 0.05) is 24.3 Å². The van der Waals surface area contributed by atoms with E-state index in [-0.39, 0.29) is 6.04 Å². The first-order valence-corrected chi connectivity index (χ1v) is 10.5. The fourth-order valence-electron chi connectivity index (χ4n) is 3.25. The van der Waals surface area contributed by atoms with Gasteiger partial charge in [-0.05, 0) is 38.0 Å². The summed E-state index contributed by atoms with van der Waals surface area (Å²) in [5.74, 6) is 1.00. The second-order valence-corrected chi connectivity index (χ2v) is 7.65. The van der Waals surface area contributed by atoms with Gasteiger partial charge in [0.2, 0.25) is 5.95 Å². The van der Waals surface area contributed by atoms with Crippen LogP contribution < -0.4 is 10.6 Å². The predicted octanol–water partition coefficient (Wildman–Crippen LogP) is 4.22. The van der Waals surface area contributed by atoms with Gasteiger partial charge in [0.1, 0.15) is 6.23 Å². The van der Waals surface area contributed by atoms with E-state index in [1.165, 1.54) is 0 Å². The first-order valence-electron chi connectivity index (χ1n) is 10.5. The number of fused-ring (bicyclic) bond motifs is 1. The largest absolute Gasteiger partial charge is 0.374 e. The molecule has 8 nitrogen and oxygen atoms in total. The first-order chi connectivity index (χ1) is 15.0. The van der Waals surface area contributed by atoms with Gasteiger partial charge in [-0.1, -0.05) is 37.3 Å². The predicted molar refractivity (Wildman–Crippen MR) is 123 cm³/mol. The number of benzene rings is 1. The lowest BCUT2D eigenvalue weighted by molar-refractivity contribution is 0.198. The van der Waals surface area contributed by atoms with Gasteiger partial charge in [0.25, 0.3) is 0 Å². The molecule has 0 fully saturated rings. The zero-order valence-electron chi connectivity index (χ0n) is 17.9. The molecule has 1 aromatic carbocycles. The number of aromatic nitrogens is 5. The molecular formula is C23H27N7O. The van der Waals surface area contributed by atoms with Gasteiger partial charge < -0.3 is 20.3 Å². The lowest BCUT2D eigenvalue weighted by atomic mass is 10.1. The summed E-state index contributed by atoms with van der Waals surface area (Å²) in [7, 11) is 0. The molecule has 0 radical (unpaired) electrons. The summed E-state index contributed by atoms with van der Waals surface area (Å²) in [6.07, 6.45) is 3.41. The Balaban J connectivity index is 1.58. The highest BCUT2D eigenvalue weighted by molar-refractivity contribution is 5.84. The van der Waals surface area contributed by atoms with E-state index < -0.39 is 6.23 Å². The van der Waals surface area contributed by atoms with Crippen molar-refractivity contribution in [2.45, 2.75) is 46.0 Å². The van der Waals surface area contributed by atoms with Crippen LogP contribution in [0, 0.1) is 0 Å². The van der Waals surface area contributed by atoms with Gasteiger partial charge in [-0.2, -0.15) is 9.97 Å². The Kier molecular flexibility index (Phi) is 6.08. The molecule has 1 atom stereocenters. The van der Waals surface area contributed by atoms with Gasteiger partial charge in [-0.25, -0.2) is 4.98 Å². The van der Waals surface area contributed by atoms with E-state index >= 15 is 0 Å². The fraction of sp³-hybridized carbons (Fsp3) is 0.304. The van der Waals surface area contributed by atoms with Crippen molar-refractivity contribution in [3.63, 3.8) is 0 Å². The minimum absolute atomic E-state index is 0.204. The lowest BCUT2D eigenvalue weighted by Crippen LogP contribution is -2.19. The summed E-state index contributed by atoms with van der Waals surface area (Å²) in [5.41, 5.74) is 4.56. The third-order valence-electron chi connectivity index (χ3n) is 5.03. The Hall–Kier alpha value is -3.52. The molecule has 1 unspecified atom stereocenters. The van der Waals surface area contributed by atoms with E-state index in [0.29, 0.717) is 30.2 Å². The van der Waals surface area contributed by atoms with Crippen LogP contribution in [-0.4, -0.2) is 35.8 Å². The van der Waals surface area contributed by atoms with Gasteiger partial charge in [-0.3, -0.25) is 4.98 Å². The number of rotatable bonds is 8. The molecule has 0 amide bonds. The Morgan fingerprint density at radius 1 is 1.03 bits per heavy atom. The molecule has 3 heterocycles. The number of hydrogen-bond acceptors (Lipinski definition) is 7. The molecule has 0 bridgehead atoms. The molecule has 160 valence electrons. The van der Waals surface area contributed by atoms with Crippen LogP contribution in [0.1, 0.15) is 38.8 Å². The SMILES string of the molecule is CCC(O)Nc1nc(NCc2ccc(-c3ccccn3)cc2)c2ncn(C(C)C)c2n1. The van der Waals surface area contributed by atoms with Crippen LogP contribution in [0.5, 0.6) is 0 Å². The van der Waals surface area contributed by atoms with Gasteiger partial charge in [-0.15, -0.1) is 0 Å². The molecule has 31 heavy (non-hydrogen) atoms. The van der Waals surface area contributed by atoms with E-state index in [2.05, 4.69) is 68.7 Å². The highest BCUT2D eigenvalue weighted by Crippen LogP contribution is 2.24. The zero-order chi connectivity index (χ0) is 21.8. The Morgan fingerprint density at radius 2 is 1.84 bits per heavy atom. The number of nitrogens with one attached hydrogen (secondary N) is 2. The van der Waals surface area contributed by atoms with E-state index in [9.17, 15) is 5.11 Å². The molecule has 0 saturated heterocycles. The molecule has 3 aromatic heterocycles. The van der Waals surface area contributed by atoms with Crippen molar-refractivity contribution in [2.24, 2.45) is 0 Å². The van der Waals surface area contributed by atoms with Crippen LogP contribution in [0.2, 0.25) is 0 Å². The second kappa shape index (κ2) is 9.09. The van der Waals surface area contributed by atoms with Crippen molar-refractivity contribution in [1.29, 1.82) is 0 Å². The van der Waals surface area contributed by atoms with E-state index in [4.69, 9.17) is 0 Å². The summed E-state index contributed by atoms with van der Waals surface area (Å²) >= 11 is 0. The zero-order valence-corrected chi connectivity index (χ0v) is 17.9. The number of pyridine rings is 1. The molecule has 3 N–H and O–H groups in total. The standard InChI is InChI=1S/C23H27N7O/c1-4-19(31)27-23-28-21(20-22(29-23)30(14-26-20)15(2)3)25-13-16-8-10-17(11-9-16)18-7-5-6-12-24-18/h5-12,14-15,19,31H,4,13H2,1-3H3,(H2,25,27,28,29). The van der Waals surface area contributed by atoms with Crippen molar-refractivity contribution in [3.05, 3.63) is 60.6 Å².